The minimum Gasteiger partial charge on any atom is -0.348 e. The second kappa shape index (κ2) is 8.27. The minimum absolute atomic E-state index is 0.0969. The van der Waals surface area contributed by atoms with Crippen molar-refractivity contribution in [3.8, 4) is 0 Å². The highest BCUT2D eigenvalue weighted by atomic mass is 16.2. The highest BCUT2D eigenvalue weighted by Crippen LogP contribution is 2.20. The summed E-state index contributed by atoms with van der Waals surface area (Å²) in [5.41, 5.74) is 5.47. The minimum atomic E-state index is -0.238. The molecule has 146 valence electrons. The number of hydrogen-bond acceptors (Lipinski definition) is 3. The second-order valence-corrected chi connectivity index (χ2v) is 7.38. The van der Waals surface area contributed by atoms with Crippen LogP contribution in [0.3, 0.4) is 0 Å². The topological polar surface area (TPSA) is 62.3 Å². The average Bonchev–Trinajstić information content (AvgIpc) is 2.76. The van der Waals surface area contributed by atoms with Crippen molar-refractivity contribution < 1.29 is 9.59 Å². The Morgan fingerprint density at radius 2 is 1.79 bits per heavy atom. The molecule has 0 bridgehead atoms. The molecule has 3 aromatic rings. The smallest absolute Gasteiger partial charge is 0.255 e. The van der Waals surface area contributed by atoms with Crippen molar-refractivity contribution in [2.75, 3.05) is 6.54 Å². The van der Waals surface area contributed by atoms with Gasteiger partial charge < -0.3 is 10.2 Å². The molecule has 1 aromatic heterocycles. The molecule has 4 rings (SSSR count). The summed E-state index contributed by atoms with van der Waals surface area (Å²) in [6, 6.07) is 17.8. The summed E-state index contributed by atoms with van der Waals surface area (Å²) in [4.78, 5) is 31.4. The zero-order valence-corrected chi connectivity index (χ0v) is 16.4. The molecule has 0 saturated carbocycles. The largest absolute Gasteiger partial charge is 0.348 e. The van der Waals surface area contributed by atoms with Gasteiger partial charge in [0.05, 0.1) is 11.1 Å². The monoisotopic (exact) mass is 385 g/mol. The molecule has 0 spiro atoms. The molecule has 0 radical (unpaired) electrons. The van der Waals surface area contributed by atoms with E-state index in [9.17, 15) is 9.59 Å². The lowest BCUT2D eigenvalue weighted by Crippen LogP contribution is -2.36. The van der Waals surface area contributed by atoms with E-state index >= 15 is 0 Å². The van der Waals surface area contributed by atoms with E-state index in [1.165, 1.54) is 23.5 Å². The van der Waals surface area contributed by atoms with Gasteiger partial charge >= 0.3 is 0 Å². The van der Waals surface area contributed by atoms with Crippen LogP contribution < -0.4 is 5.32 Å². The summed E-state index contributed by atoms with van der Waals surface area (Å²) in [5.74, 6) is -0.335. The Balaban J connectivity index is 1.44. The summed E-state index contributed by atoms with van der Waals surface area (Å²) >= 11 is 0. The fourth-order valence-electron chi connectivity index (χ4n) is 3.64. The Bertz CT molecular complexity index is 1060. The second-order valence-electron chi connectivity index (χ2n) is 7.38. The Kier molecular flexibility index (Phi) is 5.38. The number of rotatable bonds is 4. The van der Waals surface area contributed by atoms with Gasteiger partial charge in [-0.2, -0.15) is 0 Å². The molecule has 1 aliphatic heterocycles. The fourth-order valence-corrected chi connectivity index (χ4v) is 3.64. The van der Waals surface area contributed by atoms with Crippen LogP contribution in [0, 0.1) is 6.92 Å². The van der Waals surface area contributed by atoms with Gasteiger partial charge in [-0.25, -0.2) is 0 Å². The summed E-state index contributed by atoms with van der Waals surface area (Å²) in [7, 11) is 0. The van der Waals surface area contributed by atoms with E-state index in [4.69, 9.17) is 0 Å². The molecule has 1 N–H and O–H groups in total. The molecule has 0 fully saturated rings. The van der Waals surface area contributed by atoms with Gasteiger partial charge in [0.2, 0.25) is 0 Å². The number of carbonyl (C=O) groups excluding carboxylic acids is 2. The van der Waals surface area contributed by atoms with Crippen LogP contribution in [-0.2, 0) is 19.5 Å². The Labute approximate surface area is 170 Å². The molecule has 0 unspecified atom stereocenters. The van der Waals surface area contributed by atoms with Gasteiger partial charge in [-0.1, -0.05) is 54.1 Å². The Hall–Kier alpha value is -3.47. The lowest BCUT2D eigenvalue weighted by atomic mass is 9.99. The highest BCUT2D eigenvalue weighted by molar-refractivity contribution is 5.99. The van der Waals surface area contributed by atoms with Crippen molar-refractivity contribution in [3.05, 3.63) is 100 Å². The molecule has 0 aliphatic carbocycles. The first-order valence-corrected chi connectivity index (χ1v) is 9.75. The number of nitrogens with zero attached hydrogens (tertiary/aromatic N) is 2. The maximum Gasteiger partial charge on any atom is 0.255 e. The molecule has 5 nitrogen and oxygen atoms in total. The van der Waals surface area contributed by atoms with E-state index in [-0.39, 0.29) is 11.8 Å². The third-order valence-corrected chi connectivity index (χ3v) is 5.20. The van der Waals surface area contributed by atoms with Crippen molar-refractivity contribution in [1.82, 2.24) is 15.2 Å². The normalized spacial score (nSPS) is 12.9. The number of aryl methyl sites for hydroxylation is 1. The zero-order chi connectivity index (χ0) is 20.2. The van der Waals surface area contributed by atoms with Crippen LogP contribution in [0.5, 0.6) is 0 Å². The maximum absolute atomic E-state index is 13.0. The van der Waals surface area contributed by atoms with Crippen LogP contribution in [0.4, 0.5) is 0 Å². The summed E-state index contributed by atoms with van der Waals surface area (Å²) < 4.78 is 0. The lowest BCUT2D eigenvalue weighted by molar-refractivity contribution is 0.0734. The molecule has 1 aliphatic rings. The van der Waals surface area contributed by atoms with Gasteiger partial charge in [0.15, 0.2) is 0 Å². The number of amides is 2. The molecular formula is C24H23N3O2. The predicted octanol–water partition coefficient (Wildman–Crippen LogP) is 3.52. The van der Waals surface area contributed by atoms with Gasteiger partial charge in [0, 0.05) is 32.0 Å². The van der Waals surface area contributed by atoms with Gasteiger partial charge in [0.25, 0.3) is 11.8 Å². The number of benzene rings is 2. The van der Waals surface area contributed by atoms with E-state index in [0.29, 0.717) is 30.8 Å². The van der Waals surface area contributed by atoms with Crippen molar-refractivity contribution in [2.24, 2.45) is 0 Å². The number of carbonyl (C=O) groups is 2. The van der Waals surface area contributed by atoms with Crippen LogP contribution in [0.2, 0.25) is 0 Å². The standard InChI is InChI=1S/C24H23N3O2/c1-17-5-4-6-18(11-17)13-26-23(28)21-12-22(15-25-14-21)24(29)27-10-9-19-7-2-3-8-20(19)16-27/h2-8,11-12,14-15H,9-10,13,16H2,1H3,(H,26,28). The van der Waals surface area contributed by atoms with Crippen LogP contribution in [0.15, 0.2) is 67.0 Å². The maximum atomic E-state index is 13.0. The first-order valence-electron chi connectivity index (χ1n) is 9.75. The van der Waals surface area contributed by atoms with Crippen molar-refractivity contribution in [2.45, 2.75) is 26.4 Å². The zero-order valence-electron chi connectivity index (χ0n) is 16.4. The van der Waals surface area contributed by atoms with Gasteiger partial charge in [-0.05, 0) is 36.1 Å². The van der Waals surface area contributed by atoms with Gasteiger partial charge in [0.1, 0.15) is 0 Å². The van der Waals surface area contributed by atoms with Crippen molar-refractivity contribution in [3.63, 3.8) is 0 Å². The molecule has 2 aromatic carbocycles. The van der Waals surface area contributed by atoms with E-state index in [2.05, 4.69) is 22.4 Å². The SMILES string of the molecule is Cc1cccc(CNC(=O)c2cncc(C(=O)N3CCc4ccccc4C3)c2)c1. The van der Waals surface area contributed by atoms with Crippen LogP contribution in [0.25, 0.3) is 0 Å². The van der Waals surface area contributed by atoms with Crippen LogP contribution in [-0.4, -0.2) is 28.2 Å². The third-order valence-electron chi connectivity index (χ3n) is 5.20. The summed E-state index contributed by atoms with van der Waals surface area (Å²) in [5, 5.41) is 2.90. The lowest BCUT2D eigenvalue weighted by Gasteiger charge is -2.28. The molecule has 5 heteroatoms. The number of pyridine rings is 1. The molecule has 2 amide bonds. The van der Waals surface area contributed by atoms with Gasteiger partial charge in [-0.3, -0.25) is 14.6 Å². The third kappa shape index (κ3) is 4.35. The van der Waals surface area contributed by atoms with E-state index in [1.54, 1.807) is 6.07 Å². The van der Waals surface area contributed by atoms with Gasteiger partial charge in [-0.15, -0.1) is 0 Å². The first-order chi connectivity index (χ1) is 14.1. The fraction of sp³-hybridized carbons (Fsp3) is 0.208. The summed E-state index contributed by atoms with van der Waals surface area (Å²) in [6.45, 7) is 3.70. The van der Waals surface area contributed by atoms with Crippen molar-refractivity contribution >= 4 is 11.8 Å². The van der Waals surface area contributed by atoms with E-state index in [0.717, 1.165) is 17.5 Å². The molecular weight excluding hydrogens is 362 g/mol. The summed E-state index contributed by atoms with van der Waals surface area (Å²) in [6.07, 6.45) is 3.86. The molecule has 0 atom stereocenters. The quantitative estimate of drug-likeness (QED) is 0.747. The molecule has 2 heterocycles. The first kappa shape index (κ1) is 18.9. The average molecular weight is 385 g/mol. The highest BCUT2D eigenvalue weighted by Gasteiger charge is 2.22. The molecule has 29 heavy (non-hydrogen) atoms. The van der Waals surface area contributed by atoms with E-state index < -0.39 is 0 Å². The van der Waals surface area contributed by atoms with Crippen LogP contribution in [0.1, 0.15) is 43.0 Å². The Morgan fingerprint density at radius 3 is 2.62 bits per heavy atom. The van der Waals surface area contributed by atoms with Crippen molar-refractivity contribution in [1.29, 1.82) is 0 Å². The van der Waals surface area contributed by atoms with Crippen LogP contribution >= 0.6 is 0 Å². The number of fused-ring (bicyclic) bond motifs is 1. The number of aromatic nitrogens is 1. The van der Waals surface area contributed by atoms with E-state index in [1.807, 2.05) is 48.2 Å². The molecule has 0 saturated heterocycles. The number of hydrogen-bond donors (Lipinski definition) is 1. The number of nitrogens with one attached hydrogen (secondary N) is 1. The Morgan fingerprint density at radius 1 is 1.00 bits per heavy atom. The predicted molar refractivity (Wildman–Crippen MR) is 111 cm³/mol.